The number of hydrogen-bond acceptors (Lipinski definition) is 2. The van der Waals surface area contributed by atoms with Gasteiger partial charge in [0.05, 0.1) is 0 Å². The molecule has 0 fully saturated rings. The van der Waals surface area contributed by atoms with E-state index in [0.29, 0.717) is 12.3 Å². The molecule has 122 valence electrons. The fourth-order valence-electron chi connectivity index (χ4n) is 2.11. The highest BCUT2D eigenvalue weighted by atomic mass is 79.9. The van der Waals surface area contributed by atoms with Crippen LogP contribution in [0, 0.1) is 0 Å². The van der Waals surface area contributed by atoms with Gasteiger partial charge in [-0.25, -0.2) is 0 Å². The molecule has 0 aliphatic carbocycles. The lowest BCUT2D eigenvalue weighted by Crippen LogP contribution is -2.36. The molecule has 23 heavy (non-hydrogen) atoms. The highest BCUT2D eigenvalue weighted by molar-refractivity contribution is 9.10. The molecule has 3 nitrogen and oxygen atoms in total. The van der Waals surface area contributed by atoms with E-state index < -0.39 is 6.10 Å². The second-order valence-corrected chi connectivity index (χ2v) is 6.52. The lowest BCUT2D eigenvalue weighted by Gasteiger charge is -2.14. The van der Waals surface area contributed by atoms with Gasteiger partial charge in [0, 0.05) is 16.0 Å². The monoisotopic (exact) mass is 395 g/mol. The van der Waals surface area contributed by atoms with Crippen molar-refractivity contribution in [3.8, 4) is 5.75 Å². The molecule has 1 amide bonds. The lowest BCUT2D eigenvalue weighted by atomic mass is 10.1. The first kappa shape index (κ1) is 17.8. The van der Waals surface area contributed by atoms with Crippen LogP contribution < -0.4 is 10.1 Å². The van der Waals surface area contributed by atoms with E-state index in [0.717, 1.165) is 27.9 Å². The van der Waals surface area contributed by atoms with Crippen LogP contribution in [0.15, 0.2) is 53.0 Å². The summed E-state index contributed by atoms with van der Waals surface area (Å²) in [5, 5.41) is 3.66. The Morgan fingerprint density at radius 1 is 1.22 bits per heavy atom. The Bertz CT molecular complexity index is 646. The zero-order valence-electron chi connectivity index (χ0n) is 12.9. The van der Waals surface area contributed by atoms with Gasteiger partial charge >= 0.3 is 0 Å². The van der Waals surface area contributed by atoms with Crippen molar-refractivity contribution in [2.75, 3.05) is 6.54 Å². The summed E-state index contributed by atoms with van der Waals surface area (Å²) in [5.74, 6) is 0.555. The van der Waals surface area contributed by atoms with Gasteiger partial charge in [0.2, 0.25) is 0 Å². The predicted octanol–water partition coefficient (Wildman–Crippen LogP) is 4.62. The Morgan fingerprint density at radius 2 is 1.91 bits per heavy atom. The largest absolute Gasteiger partial charge is 0.481 e. The van der Waals surface area contributed by atoms with Gasteiger partial charge in [0.1, 0.15) is 5.75 Å². The van der Waals surface area contributed by atoms with E-state index in [1.54, 1.807) is 6.92 Å². The van der Waals surface area contributed by atoms with Crippen molar-refractivity contribution in [3.63, 3.8) is 0 Å². The highest BCUT2D eigenvalue weighted by Crippen LogP contribution is 2.18. The number of amides is 1. The normalized spacial score (nSPS) is 11.8. The van der Waals surface area contributed by atoms with Crippen LogP contribution in [0.2, 0.25) is 5.02 Å². The molecule has 0 aliphatic rings. The van der Waals surface area contributed by atoms with Gasteiger partial charge in [-0.1, -0.05) is 45.7 Å². The number of aryl methyl sites for hydroxylation is 1. The zero-order chi connectivity index (χ0) is 16.7. The Morgan fingerprint density at radius 3 is 2.61 bits per heavy atom. The number of carbonyl (C=O) groups excluding carboxylic acids is 1. The van der Waals surface area contributed by atoms with Gasteiger partial charge in [0.25, 0.3) is 5.91 Å². The Hall–Kier alpha value is -1.52. The van der Waals surface area contributed by atoms with E-state index >= 15 is 0 Å². The fourth-order valence-corrected chi connectivity index (χ4v) is 2.60. The molecule has 1 atom stereocenters. The molecular weight excluding hydrogens is 378 g/mol. The Kier molecular flexibility index (Phi) is 6.93. The van der Waals surface area contributed by atoms with Gasteiger partial charge in [-0.3, -0.25) is 4.79 Å². The summed E-state index contributed by atoms with van der Waals surface area (Å²) in [6.45, 7) is 2.34. The zero-order valence-corrected chi connectivity index (χ0v) is 15.2. The summed E-state index contributed by atoms with van der Waals surface area (Å²) in [4.78, 5) is 12.0. The van der Waals surface area contributed by atoms with E-state index in [9.17, 15) is 4.79 Å². The molecule has 2 aromatic rings. The maximum Gasteiger partial charge on any atom is 0.260 e. The number of hydrogen-bond donors (Lipinski definition) is 1. The summed E-state index contributed by atoms with van der Waals surface area (Å²) in [6.07, 6.45) is 1.14. The van der Waals surface area contributed by atoms with E-state index in [2.05, 4.69) is 21.2 Å². The van der Waals surface area contributed by atoms with Crippen LogP contribution in [0.1, 0.15) is 18.9 Å². The minimum absolute atomic E-state index is 0.118. The van der Waals surface area contributed by atoms with E-state index in [1.165, 1.54) is 0 Å². The van der Waals surface area contributed by atoms with Crippen molar-refractivity contribution < 1.29 is 9.53 Å². The molecule has 0 aromatic heterocycles. The van der Waals surface area contributed by atoms with Gasteiger partial charge in [-0.2, -0.15) is 0 Å². The third-order valence-electron chi connectivity index (χ3n) is 3.38. The van der Waals surface area contributed by atoms with Crippen LogP contribution in [0.3, 0.4) is 0 Å². The lowest BCUT2D eigenvalue weighted by molar-refractivity contribution is -0.127. The van der Waals surface area contributed by atoms with Crippen molar-refractivity contribution in [3.05, 3.63) is 63.6 Å². The number of rotatable bonds is 7. The summed E-state index contributed by atoms with van der Waals surface area (Å²) >= 11 is 9.47. The van der Waals surface area contributed by atoms with Crippen LogP contribution in [-0.2, 0) is 11.2 Å². The molecule has 2 aromatic carbocycles. The third-order valence-corrected chi connectivity index (χ3v) is 4.27. The molecule has 0 spiro atoms. The van der Waals surface area contributed by atoms with Crippen molar-refractivity contribution in [2.45, 2.75) is 25.9 Å². The summed E-state index contributed by atoms with van der Waals surface area (Å²) in [6, 6.07) is 15.2. The maximum absolute atomic E-state index is 12.0. The van der Waals surface area contributed by atoms with Crippen LogP contribution >= 0.6 is 27.5 Å². The standard InChI is InChI=1S/C18H19BrClNO2/c1-13(23-16-10-8-15(19)9-11-16)18(22)21-12-4-6-14-5-2-3-7-17(14)20/h2-3,5,7-11,13H,4,6,12H2,1H3,(H,21,22)/t13-/m1/s1. The molecule has 0 saturated heterocycles. The molecule has 5 heteroatoms. The molecule has 0 unspecified atom stereocenters. The topological polar surface area (TPSA) is 38.3 Å². The van der Waals surface area contributed by atoms with Crippen LogP contribution in [-0.4, -0.2) is 18.6 Å². The molecule has 1 N–H and O–H groups in total. The first-order valence-electron chi connectivity index (χ1n) is 7.49. The van der Waals surface area contributed by atoms with Crippen LogP contribution in [0.4, 0.5) is 0 Å². The second kappa shape index (κ2) is 8.94. The summed E-state index contributed by atoms with van der Waals surface area (Å²) in [5.41, 5.74) is 1.10. The second-order valence-electron chi connectivity index (χ2n) is 5.20. The maximum atomic E-state index is 12.0. The molecule has 0 heterocycles. The Labute approximate surface area is 150 Å². The number of benzene rings is 2. The first-order chi connectivity index (χ1) is 11.1. The fraction of sp³-hybridized carbons (Fsp3) is 0.278. The van der Waals surface area contributed by atoms with Gasteiger partial charge < -0.3 is 10.1 Å². The molecular formula is C18H19BrClNO2. The number of halogens is 2. The average Bonchev–Trinajstić information content (AvgIpc) is 2.55. The number of carbonyl (C=O) groups is 1. The van der Waals surface area contributed by atoms with Crippen molar-refractivity contribution in [1.29, 1.82) is 0 Å². The van der Waals surface area contributed by atoms with Crippen molar-refractivity contribution in [2.24, 2.45) is 0 Å². The molecule has 2 rings (SSSR count). The van der Waals surface area contributed by atoms with Gasteiger partial charge in [-0.15, -0.1) is 0 Å². The molecule has 0 saturated carbocycles. The SMILES string of the molecule is C[C@@H](Oc1ccc(Br)cc1)C(=O)NCCCc1ccccc1Cl. The van der Waals surface area contributed by atoms with Gasteiger partial charge in [0.15, 0.2) is 6.10 Å². The van der Waals surface area contributed by atoms with Crippen LogP contribution in [0.5, 0.6) is 5.75 Å². The molecule has 0 radical (unpaired) electrons. The van der Waals surface area contributed by atoms with Crippen LogP contribution in [0.25, 0.3) is 0 Å². The highest BCUT2D eigenvalue weighted by Gasteiger charge is 2.13. The predicted molar refractivity (Wildman–Crippen MR) is 97.0 cm³/mol. The molecule has 0 bridgehead atoms. The Balaban J connectivity index is 1.72. The van der Waals surface area contributed by atoms with Crippen molar-refractivity contribution in [1.82, 2.24) is 5.32 Å². The third kappa shape index (κ3) is 5.88. The van der Waals surface area contributed by atoms with E-state index in [-0.39, 0.29) is 5.91 Å². The van der Waals surface area contributed by atoms with E-state index in [4.69, 9.17) is 16.3 Å². The quantitative estimate of drug-likeness (QED) is 0.694. The minimum atomic E-state index is -0.531. The first-order valence-corrected chi connectivity index (χ1v) is 8.66. The summed E-state index contributed by atoms with van der Waals surface area (Å²) in [7, 11) is 0. The van der Waals surface area contributed by atoms with Gasteiger partial charge in [-0.05, 0) is 55.7 Å². The average molecular weight is 397 g/mol. The smallest absolute Gasteiger partial charge is 0.260 e. The molecule has 0 aliphatic heterocycles. The number of nitrogens with one attached hydrogen (secondary N) is 1. The number of ether oxygens (including phenoxy) is 1. The van der Waals surface area contributed by atoms with E-state index in [1.807, 2.05) is 48.5 Å². The summed E-state index contributed by atoms with van der Waals surface area (Å²) < 4.78 is 6.59. The minimum Gasteiger partial charge on any atom is -0.481 e. The van der Waals surface area contributed by atoms with Crippen molar-refractivity contribution >= 4 is 33.4 Å².